The lowest BCUT2D eigenvalue weighted by atomic mass is 9.95. The largest absolute Gasteiger partial charge is 0.396 e. The molecule has 2 N–H and O–H groups in total. The van der Waals surface area contributed by atoms with E-state index >= 15 is 0 Å². The lowest BCUT2D eigenvalue weighted by Gasteiger charge is -2.30. The number of benzene rings is 1. The van der Waals surface area contributed by atoms with Gasteiger partial charge >= 0.3 is 0 Å². The van der Waals surface area contributed by atoms with E-state index < -0.39 is 15.7 Å². The van der Waals surface area contributed by atoms with Crippen molar-refractivity contribution in [3.63, 3.8) is 0 Å². The number of hydrogen-bond acceptors (Lipinski definition) is 5. The average Bonchev–Trinajstić information content (AvgIpc) is 3.51. The van der Waals surface area contributed by atoms with Crippen molar-refractivity contribution in [2.75, 3.05) is 32.8 Å². The van der Waals surface area contributed by atoms with Gasteiger partial charge in [-0.15, -0.1) is 0 Å². The van der Waals surface area contributed by atoms with Gasteiger partial charge in [-0.25, -0.2) is 13.5 Å². The molecule has 1 saturated heterocycles. The van der Waals surface area contributed by atoms with Crippen LogP contribution in [0, 0.1) is 0 Å². The Morgan fingerprint density at radius 3 is 2.68 bits per heavy atom. The monoisotopic (exact) mass is 524 g/mol. The van der Waals surface area contributed by atoms with Gasteiger partial charge in [0.25, 0.3) is 5.91 Å². The molecule has 3 heterocycles. The molecule has 0 bridgehead atoms. The molecule has 0 spiro atoms. The summed E-state index contributed by atoms with van der Waals surface area (Å²) in [6.45, 7) is 11.9. The molecular formula is C29H40N4O3S. The third-order valence-electron chi connectivity index (χ3n) is 6.95. The number of fused-ring (bicyclic) bond motifs is 1. The highest BCUT2D eigenvalue weighted by Gasteiger charge is 2.40. The van der Waals surface area contributed by atoms with Crippen LogP contribution in [-0.4, -0.2) is 66.9 Å². The minimum Gasteiger partial charge on any atom is -0.396 e. The summed E-state index contributed by atoms with van der Waals surface area (Å²) in [5.41, 5.74) is 4.95. The topological polar surface area (TPSA) is 85.8 Å². The van der Waals surface area contributed by atoms with Gasteiger partial charge in [0, 0.05) is 37.4 Å². The van der Waals surface area contributed by atoms with Gasteiger partial charge in [-0.05, 0) is 83.3 Å². The summed E-state index contributed by atoms with van der Waals surface area (Å²) in [7, 11) is -1.29. The van der Waals surface area contributed by atoms with Crippen LogP contribution in [0.3, 0.4) is 0 Å². The Bertz CT molecular complexity index is 1170. The minimum absolute atomic E-state index is 0.0290. The van der Waals surface area contributed by atoms with Gasteiger partial charge in [0.1, 0.15) is 16.7 Å². The Hall–Kier alpha value is -2.39. The number of aliphatic hydroxyl groups is 1. The minimum atomic E-state index is -1.29. The number of hydrogen-bond donors (Lipinski definition) is 2. The van der Waals surface area contributed by atoms with Crippen LogP contribution in [0.5, 0.6) is 0 Å². The van der Waals surface area contributed by atoms with Gasteiger partial charge in [-0.2, -0.15) is 0 Å². The third-order valence-corrected chi connectivity index (χ3v) is 8.81. The molecule has 0 unspecified atom stereocenters. The summed E-state index contributed by atoms with van der Waals surface area (Å²) in [4.78, 5) is 20.5. The SMILES string of the molecule is C/C=C/c1cccc(-c2nc(C(=O)NCCN3CCCC3)cc3c2[C@H](CCO)N([S@@](=O)C(C)(C)C)C3)c1. The van der Waals surface area contributed by atoms with Gasteiger partial charge < -0.3 is 15.3 Å². The molecule has 200 valence electrons. The number of pyridine rings is 1. The standard InChI is InChI=1S/C29H40N4O3S/c1-5-9-21-10-8-11-22(18-21)27-26-23(20-33(25(26)12-17-34)37(36)29(2,3)4)19-24(31-27)28(35)30-13-16-32-14-6-7-15-32/h5,8-11,18-19,25,34H,6-7,12-17,20H2,1-4H3,(H,30,35)/b9-5+/t25-,37-/m0/s1. The second kappa shape index (κ2) is 12.0. The van der Waals surface area contributed by atoms with Crippen molar-refractivity contribution in [2.24, 2.45) is 0 Å². The highest BCUT2D eigenvalue weighted by molar-refractivity contribution is 7.84. The normalized spacial score (nSPS) is 19.4. The van der Waals surface area contributed by atoms with Crippen LogP contribution in [0.25, 0.3) is 17.3 Å². The van der Waals surface area contributed by atoms with E-state index in [1.165, 1.54) is 12.8 Å². The van der Waals surface area contributed by atoms with E-state index in [9.17, 15) is 14.1 Å². The number of likely N-dealkylation sites (tertiary alicyclic amines) is 1. The number of allylic oxidation sites excluding steroid dienone is 1. The molecule has 0 saturated carbocycles. The number of rotatable bonds is 9. The lowest BCUT2D eigenvalue weighted by Crippen LogP contribution is -2.36. The Morgan fingerprint density at radius 1 is 1.24 bits per heavy atom. The van der Waals surface area contributed by atoms with E-state index in [1.807, 2.05) is 68.4 Å². The van der Waals surface area contributed by atoms with Crippen molar-refractivity contribution >= 4 is 23.0 Å². The van der Waals surface area contributed by atoms with Crippen molar-refractivity contribution in [1.82, 2.24) is 19.5 Å². The zero-order valence-electron chi connectivity index (χ0n) is 22.5. The molecule has 4 rings (SSSR count). The molecule has 1 fully saturated rings. The molecule has 1 amide bonds. The lowest BCUT2D eigenvalue weighted by molar-refractivity contribution is 0.0944. The van der Waals surface area contributed by atoms with E-state index in [2.05, 4.69) is 16.3 Å². The predicted molar refractivity (Wildman–Crippen MR) is 150 cm³/mol. The Labute approximate surface area is 223 Å². The van der Waals surface area contributed by atoms with Crippen molar-refractivity contribution in [3.05, 3.63) is 58.8 Å². The fraction of sp³-hybridized carbons (Fsp3) is 0.517. The molecule has 2 aliphatic rings. The Morgan fingerprint density at radius 2 is 2.00 bits per heavy atom. The van der Waals surface area contributed by atoms with E-state index in [4.69, 9.17) is 4.98 Å². The first-order valence-electron chi connectivity index (χ1n) is 13.3. The Balaban J connectivity index is 1.74. The number of carbonyl (C=O) groups excluding carboxylic acids is 1. The van der Waals surface area contributed by atoms with Crippen molar-refractivity contribution < 1.29 is 14.1 Å². The van der Waals surface area contributed by atoms with E-state index in [-0.39, 0.29) is 18.6 Å². The molecule has 1 aromatic carbocycles. The maximum atomic E-state index is 13.5. The fourth-order valence-electron chi connectivity index (χ4n) is 5.21. The zero-order chi connectivity index (χ0) is 26.6. The molecule has 7 nitrogen and oxygen atoms in total. The van der Waals surface area contributed by atoms with Gasteiger partial charge in [0.15, 0.2) is 0 Å². The highest BCUT2D eigenvalue weighted by atomic mass is 32.2. The van der Waals surface area contributed by atoms with Gasteiger partial charge in [-0.1, -0.05) is 30.4 Å². The first kappa shape index (κ1) is 27.6. The van der Waals surface area contributed by atoms with Crippen LogP contribution in [0.2, 0.25) is 0 Å². The molecule has 0 aliphatic carbocycles. The zero-order valence-corrected chi connectivity index (χ0v) is 23.3. The average molecular weight is 525 g/mol. The number of nitrogens with one attached hydrogen (secondary N) is 1. The highest BCUT2D eigenvalue weighted by Crippen LogP contribution is 2.44. The molecule has 8 heteroatoms. The summed E-state index contributed by atoms with van der Waals surface area (Å²) < 4.78 is 15.0. The molecular weight excluding hydrogens is 484 g/mol. The maximum absolute atomic E-state index is 13.5. The molecule has 1 aromatic heterocycles. The van der Waals surface area contributed by atoms with Crippen LogP contribution in [-0.2, 0) is 17.5 Å². The van der Waals surface area contributed by atoms with E-state index in [1.54, 1.807) is 0 Å². The van der Waals surface area contributed by atoms with Gasteiger partial charge in [0.05, 0.1) is 16.5 Å². The summed E-state index contributed by atoms with van der Waals surface area (Å²) in [5.74, 6) is -0.193. The predicted octanol–water partition coefficient (Wildman–Crippen LogP) is 4.31. The summed E-state index contributed by atoms with van der Waals surface area (Å²) >= 11 is 0. The van der Waals surface area contributed by atoms with Crippen LogP contribution < -0.4 is 5.32 Å². The Kier molecular flexibility index (Phi) is 8.95. The van der Waals surface area contributed by atoms with Crippen LogP contribution in [0.1, 0.15) is 80.2 Å². The van der Waals surface area contributed by atoms with Crippen LogP contribution in [0.4, 0.5) is 0 Å². The molecule has 2 aromatic rings. The first-order valence-corrected chi connectivity index (χ1v) is 14.4. The van der Waals surface area contributed by atoms with E-state index in [0.717, 1.165) is 47.6 Å². The van der Waals surface area contributed by atoms with Gasteiger partial charge in [0.2, 0.25) is 0 Å². The van der Waals surface area contributed by atoms with Crippen molar-refractivity contribution in [1.29, 1.82) is 0 Å². The fourth-order valence-corrected chi connectivity index (χ4v) is 6.61. The number of aliphatic hydroxyl groups excluding tert-OH is 1. The summed E-state index contributed by atoms with van der Waals surface area (Å²) in [5, 5.41) is 13.0. The number of aromatic nitrogens is 1. The second-order valence-corrected chi connectivity index (χ2v) is 13.0. The van der Waals surface area contributed by atoms with Gasteiger partial charge in [-0.3, -0.25) is 4.79 Å². The quantitative estimate of drug-likeness (QED) is 0.511. The van der Waals surface area contributed by atoms with Crippen LogP contribution >= 0.6 is 0 Å². The number of carbonyl (C=O) groups is 1. The summed E-state index contributed by atoms with van der Waals surface area (Å²) in [6, 6.07) is 9.69. The number of nitrogens with zero attached hydrogens (tertiary/aromatic N) is 3. The van der Waals surface area contributed by atoms with Crippen molar-refractivity contribution in [2.45, 2.75) is 64.3 Å². The molecule has 37 heavy (non-hydrogen) atoms. The van der Waals surface area contributed by atoms with E-state index in [0.29, 0.717) is 25.2 Å². The molecule has 2 aliphatic heterocycles. The molecule has 2 atom stereocenters. The van der Waals surface area contributed by atoms with Crippen LogP contribution in [0.15, 0.2) is 36.4 Å². The number of amides is 1. The first-order chi connectivity index (χ1) is 17.7. The molecule has 0 radical (unpaired) electrons. The summed E-state index contributed by atoms with van der Waals surface area (Å²) in [6.07, 6.45) is 6.91. The second-order valence-electron chi connectivity index (χ2n) is 10.8. The maximum Gasteiger partial charge on any atom is 0.269 e. The van der Waals surface area contributed by atoms with Crippen molar-refractivity contribution in [3.8, 4) is 11.3 Å². The smallest absolute Gasteiger partial charge is 0.269 e. The third kappa shape index (κ3) is 6.37.